The Hall–Kier alpha value is -2.93. The van der Waals surface area contributed by atoms with E-state index in [9.17, 15) is 9.59 Å². The largest absolute Gasteiger partial charge is 0.491 e. The fraction of sp³-hybridized carbons (Fsp3) is 0.645. The molecular weight excluding hydrogens is 619 g/mol. The molecule has 250 valence electrons. The lowest BCUT2D eigenvalue weighted by Gasteiger charge is -2.48. The molecule has 1 aromatic carbocycles. The van der Waals surface area contributed by atoms with Crippen LogP contribution in [0.3, 0.4) is 0 Å². The fourth-order valence-electron chi connectivity index (χ4n) is 6.07. The first-order valence-corrected chi connectivity index (χ1v) is 16.4. The van der Waals surface area contributed by atoms with Crippen LogP contribution in [0.4, 0.5) is 4.79 Å². The Labute approximate surface area is 276 Å². The maximum Gasteiger partial charge on any atom is 0.336 e. The third kappa shape index (κ3) is 9.54. The molecule has 2 fully saturated rings. The number of amides is 2. The van der Waals surface area contributed by atoms with Gasteiger partial charge in [0.1, 0.15) is 23.3 Å². The van der Waals surface area contributed by atoms with Crippen LogP contribution < -0.4 is 26.4 Å². The lowest BCUT2D eigenvalue weighted by atomic mass is 9.97. The first kappa shape index (κ1) is 34.9. The molecule has 45 heavy (non-hydrogen) atoms. The first-order chi connectivity index (χ1) is 21.4. The third-order valence-corrected chi connectivity index (χ3v) is 8.83. The van der Waals surface area contributed by atoms with Gasteiger partial charge in [0, 0.05) is 54.4 Å². The van der Waals surface area contributed by atoms with Crippen molar-refractivity contribution >= 4 is 41.0 Å². The monoisotopic (exact) mass is 666 g/mol. The number of ether oxygens (including phenoxy) is 2. The van der Waals surface area contributed by atoms with Gasteiger partial charge in [0.15, 0.2) is 11.9 Å². The van der Waals surface area contributed by atoms with E-state index in [2.05, 4.69) is 42.6 Å². The minimum atomic E-state index is -0.876. The zero-order chi connectivity index (χ0) is 32.7. The summed E-state index contributed by atoms with van der Waals surface area (Å²) in [7, 11) is 1.31. The van der Waals surface area contributed by atoms with E-state index >= 15 is 0 Å². The molecule has 5 N–H and O–H groups in total. The summed E-state index contributed by atoms with van der Waals surface area (Å²) >= 11 is 12.8. The summed E-state index contributed by atoms with van der Waals surface area (Å²) in [5, 5.41) is 9.59. The second-order valence-corrected chi connectivity index (χ2v) is 13.6. The molecule has 2 atom stereocenters. The van der Waals surface area contributed by atoms with Crippen molar-refractivity contribution in [3.05, 3.63) is 39.8 Å². The second-order valence-electron chi connectivity index (χ2n) is 12.8. The summed E-state index contributed by atoms with van der Waals surface area (Å²) in [5.74, 6) is 0.951. The number of urea groups is 1. The summed E-state index contributed by atoms with van der Waals surface area (Å²) in [6.45, 7) is 13.9. The predicted molar refractivity (Wildman–Crippen MR) is 177 cm³/mol. The van der Waals surface area contributed by atoms with Gasteiger partial charge in [-0.1, -0.05) is 36.2 Å². The fourth-order valence-corrected chi connectivity index (χ4v) is 6.50. The Kier molecular flexibility index (Phi) is 12.1. The molecule has 0 spiro atoms. The molecule has 1 aromatic rings. The van der Waals surface area contributed by atoms with E-state index in [0.717, 1.165) is 69.8 Å². The van der Waals surface area contributed by atoms with E-state index in [4.69, 9.17) is 38.4 Å². The standard InChI is InChI=1S/C31H48Cl2N8O4/c1-6-22-19-40(28-26(33)36-25(27(34)37-28)29(42)44-5)14-15-41(22)23-9-12-39(13-10-23)18-20-7-8-21(32)17-24(20)45-16-11-35-30(43)38-31(2,3)4/h7-8,17,22-23,25,36H,6,9-16,18-19H2,1-5H3,(H2,34,37)(H2,35,38,43)/t22-,25?/m0/s1. The van der Waals surface area contributed by atoms with E-state index in [-0.39, 0.29) is 17.4 Å². The number of benzene rings is 1. The van der Waals surface area contributed by atoms with Gasteiger partial charge in [0.25, 0.3) is 0 Å². The van der Waals surface area contributed by atoms with E-state index in [1.165, 1.54) is 7.11 Å². The van der Waals surface area contributed by atoms with Crippen LogP contribution in [0.5, 0.6) is 5.75 Å². The highest BCUT2D eigenvalue weighted by atomic mass is 35.5. The van der Waals surface area contributed by atoms with Crippen LogP contribution in [0.25, 0.3) is 0 Å². The van der Waals surface area contributed by atoms with Crippen molar-refractivity contribution in [1.29, 1.82) is 0 Å². The predicted octanol–water partition coefficient (Wildman–Crippen LogP) is 3.04. The number of hydrogen-bond donors (Lipinski definition) is 4. The summed E-state index contributed by atoms with van der Waals surface area (Å²) in [6.07, 6.45) is 3.14. The molecule has 0 aromatic heterocycles. The maximum absolute atomic E-state index is 12.0. The number of methoxy groups -OCH3 is 1. The van der Waals surface area contributed by atoms with Gasteiger partial charge in [-0.05, 0) is 65.3 Å². The number of nitrogens with one attached hydrogen (secondary N) is 3. The van der Waals surface area contributed by atoms with Crippen LogP contribution in [-0.4, -0.2) is 109 Å². The highest BCUT2D eigenvalue weighted by molar-refractivity contribution is 6.31. The lowest BCUT2D eigenvalue weighted by molar-refractivity contribution is -0.141. The van der Waals surface area contributed by atoms with Crippen molar-refractivity contribution < 1.29 is 19.1 Å². The number of likely N-dealkylation sites (tertiary alicyclic amines) is 1. The smallest absolute Gasteiger partial charge is 0.336 e. The van der Waals surface area contributed by atoms with Crippen molar-refractivity contribution in [3.8, 4) is 5.75 Å². The number of piperazine rings is 1. The summed E-state index contributed by atoms with van der Waals surface area (Å²) < 4.78 is 10.9. The van der Waals surface area contributed by atoms with Crippen molar-refractivity contribution in [2.24, 2.45) is 10.7 Å². The lowest BCUT2D eigenvalue weighted by Crippen LogP contribution is -2.58. The van der Waals surface area contributed by atoms with E-state index in [1.807, 2.05) is 39.0 Å². The van der Waals surface area contributed by atoms with Gasteiger partial charge in [-0.2, -0.15) is 0 Å². The number of esters is 1. The number of hydrogen-bond acceptors (Lipinski definition) is 10. The molecule has 3 aliphatic heterocycles. The Morgan fingerprint density at radius 2 is 1.89 bits per heavy atom. The molecule has 3 heterocycles. The van der Waals surface area contributed by atoms with E-state index < -0.39 is 12.0 Å². The quantitative estimate of drug-likeness (QED) is 0.169. The number of piperidine rings is 1. The summed E-state index contributed by atoms with van der Waals surface area (Å²) in [4.78, 5) is 35.8. The highest BCUT2D eigenvalue weighted by Crippen LogP contribution is 2.30. The van der Waals surface area contributed by atoms with Crippen molar-refractivity contribution in [2.75, 3.05) is 53.0 Å². The summed E-state index contributed by atoms with van der Waals surface area (Å²) in [6, 6.07) is 5.51. The van der Waals surface area contributed by atoms with Crippen molar-refractivity contribution in [3.63, 3.8) is 0 Å². The van der Waals surface area contributed by atoms with E-state index in [0.29, 0.717) is 41.2 Å². The van der Waals surface area contributed by atoms with E-state index in [1.54, 1.807) is 0 Å². The Balaban J connectivity index is 1.28. The number of rotatable bonds is 10. The molecule has 3 aliphatic rings. The van der Waals surface area contributed by atoms with Gasteiger partial charge in [-0.3, -0.25) is 9.80 Å². The van der Waals surface area contributed by atoms with Crippen LogP contribution in [-0.2, 0) is 16.1 Å². The van der Waals surface area contributed by atoms with Gasteiger partial charge in [0.05, 0.1) is 13.7 Å². The third-order valence-electron chi connectivity index (χ3n) is 8.32. The molecule has 0 saturated carbocycles. The molecule has 2 saturated heterocycles. The SMILES string of the molecule is CC[C@H]1CN(C2=C(Cl)NC(C(=O)OC)C(N)=N2)CCN1C1CCN(Cc2ccc(Cl)cc2OCCNC(=O)NC(C)(C)C)CC1. The molecule has 0 aliphatic carbocycles. The second kappa shape index (κ2) is 15.6. The van der Waals surface area contributed by atoms with Gasteiger partial charge >= 0.3 is 12.0 Å². The number of halogens is 2. The van der Waals surface area contributed by atoms with Crippen LogP contribution in [0.2, 0.25) is 5.02 Å². The number of aliphatic imine (C=N–C) groups is 1. The number of nitrogens with zero attached hydrogens (tertiary/aromatic N) is 4. The highest BCUT2D eigenvalue weighted by Gasteiger charge is 2.36. The van der Waals surface area contributed by atoms with Crippen LogP contribution in [0, 0.1) is 0 Å². The zero-order valence-corrected chi connectivity index (χ0v) is 28.5. The molecule has 0 bridgehead atoms. The molecule has 2 amide bonds. The van der Waals surface area contributed by atoms with Gasteiger partial charge in [-0.25, -0.2) is 14.6 Å². The Morgan fingerprint density at radius 3 is 2.56 bits per heavy atom. The molecule has 12 nitrogen and oxygen atoms in total. The average molecular weight is 668 g/mol. The number of nitrogens with two attached hydrogens (primary N) is 1. The number of carbonyl (C=O) groups is 2. The molecule has 14 heteroatoms. The molecule has 4 rings (SSSR count). The van der Waals surface area contributed by atoms with Crippen LogP contribution in [0.1, 0.15) is 52.5 Å². The molecule has 1 unspecified atom stereocenters. The van der Waals surface area contributed by atoms with Gasteiger partial charge < -0.3 is 36.1 Å². The van der Waals surface area contributed by atoms with Crippen LogP contribution in [0.15, 0.2) is 34.2 Å². The molecular formula is C31H48Cl2N8O4. The Morgan fingerprint density at radius 1 is 1.16 bits per heavy atom. The van der Waals surface area contributed by atoms with Crippen LogP contribution >= 0.6 is 23.2 Å². The topological polar surface area (TPSA) is 137 Å². The van der Waals surface area contributed by atoms with Crippen molar-refractivity contribution in [2.45, 2.75) is 77.2 Å². The zero-order valence-electron chi connectivity index (χ0n) is 27.0. The minimum absolute atomic E-state index is 0.151. The normalized spacial score (nSPS) is 22.0. The van der Waals surface area contributed by atoms with Crippen molar-refractivity contribution in [1.82, 2.24) is 30.7 Å². The summed E-state index contributed by atoms with van der Waals surface area (Å²) in [5.41, 5.74) is 6.87. The maximum atomic E-state index is 12.0. The Bertz CT molecular complexity index is 1260. The van der Waals surface area contributed by atoms with Gasteiger partial charge in [-0.15, -0.1) is 0 Å². The minimum Gasteiger partial charge on any atom is -0.491 e. The number of carbonyl (C=O) groups excluding carboxylic acids is 2. The number of amidine groups is 1. The molecule has 0 radical (unpaired) electrons. The van der Waals surface area contributed by atoms with Gasteiger partial charge in [0.2, 0.25) is 0 Å². The first-order valence-electron chi connectivity index (χ1n) is 15.7. The average Bonchev–Trinajstić information content (AvgIpc) is 3.00.